The van der Waals surface area contributed by atoms with E-state index in [4.69, 9.17) is 4.42 Å². The molecule has 0 bridgehead atoms. The third-order valence-electron chi connectivity index (χ3n) is 12.5. The molecule has 0 aliphatic heterocycles. The highest BCUT2D eigenvalue weighted by Gasteiger charge is 2.41. The molecule has 0 atom stereocenters. The summed E-state index contributed by atoms with van der Waals surface area (Å²) in [6.07, 6.45) is 0. The Bertz CT molecular complexity index is 3420. The van der Waals surface area contributed by atoms with Crippen molar-refractivity contribution in [3.05, 3.63) is 231 Å². The lowest BCUT2D eigenvalue weighted by molar-refractivity contribution is 0.645. The zero-order valence-corrected chi connectivity index (χ0v) is 33.7. The summed E-state index contributed by atoms with van der Waals surface area (Å²) in [5.74, 6) is 0. The molecule has 0 aliphatic rings. The molecule has 0 fully saturated rings. The Hall–Kier alpha value is -7.66. The highest BCUT2D eigenvalue weighted by molar-refractivity contribution is 7.19. The van der Waals surface area contributed by atoms with Crippen LogP contribution in [-0.2, 0) is 0 Å². The number of benzene rings is 9. The van der Waals surface area contributed by atoms with E-state index >= 15 is 0 Å². The van der Waals surface area contributed by atoms with Crippen LogP contribution in [-0.4, -0.2) is 17.2 Å². The van der Waals surface area contributed by atoms with Gasteiger partial charge in [-0.1, -0.05) is 182 Å². The number of furan rings is 1. The molecule has 0 N–H and O–H groups in total. The van der Waals surface area contributed by atoms with Crippen LogP contribution in [0, 0.1) is 0 Å². The minimum Gasteiger partial charge on any atom is -0.439 e. The normalized spacial score (nSPS) is 12.0. The Balaban J connectivity index is 1.03. The molecule has 60 heavy (non-hydrogen) atoms. The van der Waals surface area contributed by atoms with Crippen LogP contribution in [0.15, 0.2) is 235 Å². The van der Waals surface area contributed by atoms with Gasteiger partial charge in [0.25, 0.3) is 0 Å². The summed E-state index contributed by atoms with van der Waals surface area (Å²) in [5.41, 5.74) is 9.91. The second-order valence-electron chi connectivity index (χ2n) is 15.7. The molecule has 0 saturated carbocycles. The molecule has 0 saturated heterocycles. The number of nitrogens with zero attached hydrogens (tertiary/aromatic N) is 2. The van der Waals surface area contributed by atoms with Gasteiger partial charge in [-0.2, -0.15) is 0 Å². The van der Waals surface area contributed by atoms with Gasteiger partial charge in [-0.15, -0.1) is 0 Å². The van der Waals surface area contributed by atoms with Gasteiger partial charge in [0.15, 0.2) is 8.07 Å². The van der Waals surface area contributed by atoms with Crippen molar-refractivity contribution in [3.63, 3.8) is 0 Å². The van der Waals surface area contributed by atoms with Gasteiger partial charge in [0.05, 0.1) is 21.9 Å². The first-order valence-corrected chi connectivity index (χ1v) is 22.6. The minimum atomic E-state index is -2.80. The van der Waals surface area contributed by atoms with Crippen molar-refractivity contribution in [2.45, 2.75) is 0 Å². The Kier molecular flexibility index (Phi) is 7.87. The number of para-hydroxylation sites is 4. The molecule has 9 aromatic carbocycles. The second kappa shape index (κ2) is 13.7. The van der Waals surface area contributed by atoms with Gasteiger partial charge in [0.2, 0.25) is 5.71 Å². The molecule has 3 nitrogen and oxygen atoms in total. The first-order valence-electron chi connectivity index (χ1n) is 20.6. The van der Waals surface area contributed by atoms with Crippen molar-refractivity contribution in [2.75, 3.05) is 0 Å². The predicted octanol–water partition coefficient (Wildman–Crippen LogP) is 11.7. The average Bonchev–Trinajstić information content (AvgIpc) is 3.97. The zero-order valence-electron chi connectivity index (χ0n) is 32.7. The summed E-state index contributed by atoms with van der Waals surface area (Å²) < 4.78 is 11.3. The first-order chi connectivity index (χ1) is 29.8. The quantitative estimate of drug-likeness (QED) is 0.117. The SMILES string of the molecule is c1ccc(-n2c3cc(-c4ccc([Si](c5ccccc5)(c5ccccc5)c5ccc(-n6c7ccccc7c7ccccc76)cc5)cc4)ccc3c3c4ccccc4oc32)cc1. The molecule has 0 amide bonds. The molecule has 3 heterocycles. The van der Waals surface area contributed by atoms with Crippen LogP contribution in [0.4, 0.5) is 0 Å². The topological polar surface area (TPSA) is 23.0 Å². The Labute approximate surface area is 348 Å². The maximum atomic E-state index is 6.58. The molecule has 12 rings (SSSR count). The fourth-order valence-corrected chi connectivity index (χ4v) is 14.6. The summed E-state index contributed by atoms with van der Waals surface area (Å²) in [5, 5.41) is 11.4. The van der Waals surface area contributed by atoms with Crippen molar-refractivity contribution in [3.8, 4) is 22.5 Å². The lowest BCUT2D eigenvalue weighted by atomic mass is 10.0. The van der Waals surface area contributed by atoms with Gasteiger partial charge >= 0.3 is 0 Å². The molecule has 12 aromatic rings. The highest BCUT2D eigenvalue weighted by atomic mass is 28.3. The van der Waals surface area contributed by atoms with Crippen LogP contribution < -0.4 is 20.7 Å². The molecule has 0 unspecified atom stereocenters. The number of fused-ring (bicyclic) bond motifs is 8. The Morgan fingerprint density at radius 3 is 1.40 bits per heavy atom. The van der Waals surface area contributed by atoms with E-state index in [-0.39, 0.29) is 0 Å². The summed E-state index contributed by atoms with van der Waals surface area (Å²) in [7, 11) is -2.80. The van der Waals surface area contributed by atoms with Crippen molar-refractivity contribution in [2.24, 2.45) is 0 Å². The molecule has 282 valence electrons. The summed E-state index contributed by atoms with van der Waals surface area (Å²) >= 11 is 0. The zero-order chi connectivity index (χ0) is 39.6. The molecule has 0 radical (unpaired) electrons. The fourth-order valence-electron chi connectivity index (χ4n) is 9.85. The lowest BCUT2D eigenvalue weighted by Crippen LogP contribution is -2.74. The maximum absolute atomic E-state index is 6.58. The van der Waals surface area contributed by atoms with E-state index in [1.807, 2.05) is 6.07 Å². The molecular weight excluding hydrogens is 745 g/mol. The van der Waals surface area contributed by atoms with Gasteiger partial charge in [0, 0.05) is 32.9 Å². The van der Waals surface area contributed by atoms with E-state index in [9.17, 15) is 0 Å². The van der Waals surface area contributed by atoms with E-state index < -0.39 is 8.07 Å². The number of hydrogen-bond donors (Lipinski definition) is 0. The number of rotatable bonds is 7. The summed E-state index contributed by atoms with van der Waals surface area (Å²) in [6.45, 7) is 0. The van der Waals surface area contributed by atoms with Crippen LogP contribution in [0.25, 0.3) is 77.3 Å². The van der Waals surface area contributed by atoms with Crippen molar-refractivity contribution in [1.29, 1.82) is 0 Å². The van der Waals surface area contributed by atoms with Gasteiger partial charge in [-0.05, 0) is 80.4 Å². The average molecular weight is 783 g/mol. The van der Waals surface area contributed by atoms with Crippen molar-refractivity contribution in [1.82, 2.24) is 9.13 Å². The molecule has 3 aromatic heterocycles. The third kappa shape index (κ3) is 5.14. The highest BCUT2D eigenvalue weighted by Crippen LogP contribution is 2.40. The van der Waals surface area contributed by atoms with Crippen LogP contribution in [0.1, 0.15) is 0 Å². The van der Waals surface area contributed by atoms with E-state index in [1.165, 1.54) is 53.5 Å². The molecular formula is C56H38N2OSi. The van der Waals surface area contributed by atoms with E-state index in [1.54, 1.807) is 0 Å². The summed E-state index contributed by atoms with van der Waals surface area (Å²) in [4.78, 5) is 0. The maximum Gasteiger partial charge on any atom is 0.213 e. The fraction of sp³-hybridized carbons (Fsp3) is 0. The molecule has 0 spiro atoms. The van der Waals surface area contributed by atoms with Gasteiger partial charge in [-0.3, -0.25) is 4.57 Å². The van der Waals surface area contributed by atoms with E-state index in [0.717, 1.165) is 44.5 Å². The van der Waals surface area contributed by atoms with E-state index in [0.29, 0.717) is 0 Å². The van der Waals surface area contributed by atoms with E-state index in [2.05, 4.69) is 234 Å². The largest absolute Gasteiger partial charge is 0.439 e. The number of hydrogen-bond acceptors (Lipinski definition) is 1. The molecule has 4 heteroatoms. The lowest BCUT2D eigenvalue weighted by Gasteiger charge is -2.34. The monoisotopic (exact) mass is 782 g/mol. The first kappa shape index (κ1) is 34.4. The van der Waals surface area contributed by atoms with Crippen LogP contribution >= 0.6 is 0 Å². The minimum absolute atomic E-state index is 0.871. The Morgan fingerprint density at radius 1 is 0.317 bits per heavy atom. The Morgan fingerprint density at radius 2 is 0.783 bits per heavy atom. The summed E-state index contributed by atoms with van der Waals surface area (Å²) in [6, 6.07) is 84.4. The third-order valence-corrected chi connectivity index (χ3v) is 17.3. The smallest absolute Gasteiger partial charge is 0.213 e. The predicted molar refractivity (Wildman–Crippen MR) is 254 cm³/mol. The van der Waals surface area contributed by atoms with Gasteiger partial charge in [-0.25, -0.2) is 0 Å². The van der Waals surface area contributed by atoms with Gasteiger partial charge in [0.1, 0.15) is 5.58 Å². The number of aromatic nitrogens is 2. The van der Waals surface area contributed by atoms with Crippen LogP contribution in [0.5, 0.6) is 0 Å². The van der Waals surface area contributed by atoms with Crippen molar-refractivity contribution < 1.29 is 4.42 Å². The molecule has 0 aliphatic carbocycles. The van der Waals surface area contributed by atoms with Crippen molar-refractivity contribution >= 4 is 83.6 Å². The second-order valence-corrected chi connectivity index (χ2v) is 19.5. The van der Waals surface area contributed by atoms with Crippen LogP contribution in [0.3, 0.4) is 0 Å². The van der Waals surface area contributed by atoms with Gasteiger partial charge < -0.3 is 8.98 Å². The standard InChI is InChI=1S/C56H38N2OSi/c1-4-16-41(17-5-1)58-53-38-40(30-37-49(53)55-50-24-12-15-27-54(50)59-56(55)58)39-28-33-45(34-29-39)60(43-18-6-2-7-19-43,44-20-8-3-9-21-44)46-35-31-42(32-36-46)57-51-25-13-10-22-47(51)48-23-11-14-26-52(48)57/h1-38H. The van der Waals surface area contributed by atoms with Crippen LogP contribution in [0.2, 0.25) is 0 Å².